The molecule has 2 rings (SSSR count). The molecule has 0 radical (unpaired) electrons. The van der Waals surface area contributed by atoms with Gasteiger partial charge in [0.25, 0.3) is 0 Å². The van der Waals surface area contributed by atoms with Crippen molar-refractivity contribution in [1.29, 1.82) is 0 Å². The molecule has 0 aliphatic heterocycles. The number of aromatic nitrogens is 2. The van der Waals surface area contributed by atoms with Gasteiger partial charge >= 0.3 is 0 Å². The second-order valence-corrected chi connectivity index (χ2v) is 4.57. The predicted octanol–water partition coefficient (Wildman–Crippen LogP) is 2.77. The van der Waals surface area contributed by atoms with E-state index in [-0.39, 0.29) is 0 Å². The van der Waals surface area contributed by atoms with Gasteiger partial charge in [0, 0.05) is 12.1 Å². The lowest BCUT2D eigenvalue weighted by Crippen LogP contribution is -2.02. The minimum absolute atomic E-state index is 0.487. The van der Waals surface area contributed by atoms with Gasteiger partial charge in [-0.3, -0.25) is 0 Å². The van der Waals surface area contributed by atoms with Gasteiger partial charge in [0.1, 0.15) is 0 Å². The maximum atomic E-state index is 5.74. The van der Waals surface area contributed by atoms with Crippen LogP contribution in [-0.4, -0.2) is 9.97 Å². The number of hydrogen-bond donors (Lipinski definition) is 2. The Labute approximate surface area is 102 Å². The standard InChI is InChI=1S/C14H19N3/c1-8-5-9(2)11(4)13(10(8)3)14-12(6-15)16-7-17-14/h5,7H,6,15H2,1-4H3,(H,16,17). The van der Waals surface area contributed by atoms with Gasteiger partial charge in [-0.05, 0) is 49.9 Å². The zero-order valence-corrected chi connectivity index (χ0v) is 10.9. The molecular formula is C14H19N3. The van der Waals surface area contributed by atoms with Crippen LogP contribution in [0.3, 0.4) is 0 Å². The van der Waals surface area contributed by atoms with E-state index in [1.807, 2.05) is 0 Å². The Balaban J connectivity index is 2.75. The van der Waals surface area contributed by atoms with Gasteiger partial charge in [0.05, 0.1) is 17.7 Å². The van der Waals surface area contributed by atoms with E-state index in [0.29, 0.717) is 6.54 Å². The summed E-state index contributed by atoms with van der Waals surface area (Å²) >= 11 is 0. The van der Waals surface area contributed by atoms with Crippen molar-refractivity contribution in [2.45, 2.75) is 34.2 Å². The highest BCUT2D eigenvalue weighted by Crippen LogP contribution is 2.31. The maximum absolute atomic E-state index is 5.74. The van der Waals surface area contributed by atoms with Crippen molar-refractivity contribution in [3.63, 3.8) is 0 Å². The SMILES string of the molecule is Cc1cc(C)c(C)c(-c2nc[nH]c2CN)c1C. The van der Waals surface area contributed by atoms with E-state index in [2.05, 4.69) is 43.7 Å². The Morgan fingerprint density at radius 1 is 1.12 bits per heavy atom. The summed E-state index contributed by atoms with van der Waals surface area (Å²) in [5.74, 6) is 0. The van der Waals surface area contributed by atoms with E-state index in [1.54, 1.807) is 6.33 Å². The van der Waals surface area contributed by atoms with Gasteiger partial charge in [0.2, 0.25) is 0 Å². The normalized spacial score (nSPS) is 10.9. The highest BCUT2D eigenvalue weighted by Gasteiger charge is 2.15. The van der Waals surface area contributed by atoms with E-state index in [1.165, 1.54) is 27.8 Å². The molecule has 0 aliphatic rings. The second-order valence-electron chi connectivity index (χ2n) is 4.57. The largest absolute Gasteiger partial charge is 0.347 e. The lowest BCUT2D eigenvalue weighted by Gasteiger charge is -2.14. The average molecular weight is 229 g/mol. The molecule has 2 aromatic rings. The summed E-state index contributed by atoms with van der Waals surface area (Å²) in [6.45, 7) is 9.06. The molecule has 0 bridgehead atoms. The van der Waals surface area contributed by atoms with E-state index >= 15 is 0 Å². The zero-order chi connectivity index (χ0) is 12.6. The van der Waals surface area contributed by atoms with Crippen LogP contribution in [0.2, 0.25) is 0 Å². The highest BCUT2D eigenvalue weighted by molar-refractivity contribution is 5.72. The fourth-order valence-corrected chi connectivity index (χ4v) is 2.26. The molecule has 3 heteroatoms. The minimum Gasteiger partial charge on any atom is -0.347 e. The van der Waals surface area contributed by atoms with Crippen molar-refractivity contribution in [1.82, 2.24) is 9.97 Å². The molecule has 0 fully saturated rings. The molecule has 0 aliphatic carbocycles. The Hall–Kier alpha value is -1.61. The molecule has 0 saturated heterocycles. The lowest BCUT2D eigenvalue weighted by atomic mass is 9.91. The van der Waals surface area contributed by atoms with Crippen molar-refractivity contribution in [3.05, 3.63) is 40.3 Å². The summed E-state index contributed by atoms with van der Waals surface area (Å²) in [5, 5.41) is 0. The molecule has 1 aromatic heterocycles. The van der Waals surface area contributed by atoms with E-state index < -0.39 is 0 Å². The van der Waals surface area contributed by atoms with Crippen LogP contribution in [0.15, 0.2) is 12.4 Å². The van der Waals surface area contributed by atoms with Gasteiger partial charge in [-0.15, -0.1) is 0 Å². The average Bonchev–Trinajstić information content (AvgIpc) is 2.75. The minimum atomic E-state index is 0.487. The second kappa shape index (κ2) is 4.34. The first-order chi connectivity index (χ1) is 8.06. The summed E-state index contributed by atoms with van der Waals surface area (Å²) < 4.78 is 0. The molecule has 0 spiro atoms. The van der Waals surface area contributed by atoms with Gasteiger partial charge in [-0.2, -0.15) is 0 Å². The van der Waals surface area contributed by atoms with Crippen molar-refractivity contribution >= 4 is 0 Å². The van der Waals surface area contributed by atoms with E-state index in [9.17, 15) is 0 Å². The third-order valence-electron chi connectivity index (χ3n) is 3.53. The van der Waals surface area contributed by atoms with Crippen molar-refractivity contribution in [2.24, 2.45) is 5.73 Å². The van der Waals surface area contributed by atoms with Crippen LogP contribution in [-0.2, 0) is 6.54 Å². The number of aromatic amines is 1. The van der Waals surface area contributed by atoms with Crippen LogP contribution >= 0.6 is 0 Å². The number of nitrogens with one attached hydrogen (secondary N) is 1. The van der Waals surface area contributed by atoms with Crippen LogP contribution in [0.1, 0.15) is 27.9 Å². The van der Waals surface area contributed by atoms with Crippen LogP contribution < -0.4 is 5.73 Å². The third kappa shape index (κ3) is 1.87. The highest BCUT2D eigenvalue weighted by atomic mass is 14.9. The topological polar surface area (TPSA) is 54.7 Å². The third-order valence-corrected chi connectivity index (χ3v) is 3.53. The number of nitrogens with zero attached hydrogens (tertiary/aromatic N) is 1. The molecular weight excluding hydrogens is 210 g/mol. The number of benzene rings is 1. The number of rotatable bonds is 2. The van der Waals surface area contributed by atoms with Crippen molar-refractivity contribution < 1.29 is 0 Å². The number of nitrogens with two attached hydrogens (primary N) is 1. The zero-order valence-electron chi connectivity index (χ0n) is 10.9. The molecule has 3 nitrogen and oxygen atoms in total. The smallest absolute Gasteiger partial charge is 0.0931 e. The van der Waals surface area contributed by atoms with E-state index in [4.69, 9.17) is 5.73 Å². The molecule has 0 amide bonds. The summed E-state index contributed by atoms with van der Waals surface area (Å²) in [6.07, 6.45) is 1.72. The van der Waals surface area contributed by atoms with Crippen molar-refractivity contribution in [2.75, 3.05) is 0 Å². The van der Waals surface area contributed by atoms with Crippen LogP contribution in [0.5, 0.6) is 0 Å². The quantitative estimate of drug-likeness (QED) is 0.832. The number of imidazole rings is 1. The Bertz CT molecular complexity index is 527. The molecule has 0 saturated carbocycles. The summed E-state index contributed by atoms with van der Waals surface area (Å²) in [4.78, 5) is 7.54. The molecule has 17 heavy (non-hydrogen) atoms. The lowest BCUT2D eigenvalue weighted by molar-refractivity contribution is 1.01. The summed E-state index contributed by atoms with van der Waals surface area (Å²) in [6, 6.07) is 2.23. The van der Waals surface area contributed by atoms with Crippen molar-refractivity contribution in [3.8, 4) is 11.3 Å². The number of H-pyrrole nitrogens is 1. The molecule has 0 unspecified atom stereocenters. The first-order valence-corrected chi connectivity index (χ1v) is 5.86. The van der Waals surface area contributed by atoms with Gasteiger partial charge in [-0.25, -0.2) is 4.98 Å². The summed E-state index contributed by atoms with van der Waals surface area (Å²) in [7, 11) is 0. The summed E-state index contributed by atoms with van der Waals surface area (Å²) in [5.41, 5.74) is 14.1. The van der Waals surface area contributed by atoms with Gasteiger partial charge < -0.3 is 10.7 Å². The fraction of sp³-hybridized carbons (Fsp3) is 0.357. The fourth-order valence-electron chi connectivity index (χ4n) is 2.26. The van der Waals surface area contributed by atoms with Crippen LogP contribution in [0, 0.1) is 27.7 Å². The monoisotopic (exact) mass is 229 g/mol. The van der Waals surface area contributed by atoms with Gasteiger partial charge in [0.15, 0.2) is 0 Å². The van der Waals surface area contributed by atoms with Gasteiger partial charge in [-0.1, -0.05) is 6.07 Å². The first-order valence-electron chi connectivity index (χ1n) is 5.86. The molecule has 1 aromatic carbocycles. The Morgan fingerprint density at radius 3 is 2.24 bits per heavy atom. The molecule has 3 N–H and O–H groups in total. The van der Waals surface area contributed by atoms with E-state index in [0.717, 1.165) is 11.4 Å². The molecule has 1 heterocycles. The Morgan fingerprint density at radius 2 is 1.71 bits per heavy atom. The van der Waals surface area contributed by atoms with Crippen LogP contribution in [0.25, 0.3) is 11.3 Å². The van der Waals surface area contributed by atoms with Crippen LogP contribution in [0.4, 0.5) is 0 Å². The Kier molecular flexibility index (Phi) is 3.03. The molecule has 90 valence electrons. The first kappa shape index (κ1) is 11.9. The number of hydrogen-bond acceptors (Lipinski definition) is 2. The number of aryl methyl sites for hydroxylation is 2. The molecule has 0 atom stereocenters. The maximum Gasteiger partial charge on any atom is 0.0931 e. The predicted molar refractivity (Wildman–Crippen MR) is 70.9 cm³/mol.